The van der Waals surface area contributed by atoms with Crippen molar-refractivity contribution in [1.82, 2.24) is 0 Å². The van der Waals surface area contributed by atoms with Crippen molar-refractivity contribution in [1.29, 1.82) is 0 Å². The van der Waals surface area contributed by atoms with Crippen molar-refractivity contribution in [3.63, 3.8) is 0 Å². The standard InChI is InChI=1S/C17H16N2O/c1-2-3-6-13-9-11-14(12-10-13)17(20)19-16-8-5-4-7-15(16)18/h3-5,7-12H,1,6,18H2,(H,19,20). The Hall–Kier alpha value is -2.77. The Bertz CT molecular complexity index is 653. The number of nitrogen functional groups attached to an aromatic ring is 1. The molecule has 0 aliphatic heterocycles. The molecule has 0 unspecified atom stereocenters. The summed E-state index contributed by atoms with van der Waals surface area (Å²) in [5, 5.41) is 2.80. The molecule has 3 N–H and O–H groups in total. The van der Waals surface area contributed by atoms with Crippen LogP contribution in [-0.2, 0) is 6.42 Å². The van der Waals surface area contributed by atoms with Crippen molar-refractivity contribution in [2.75, 3.05) is 11.1 Å². The van der Waals surface area contributed by atoms with Gasteiger partial charge in [0.25, 0.3) is 5.91 Å². The summed E-state index contributed by atoms with van der Waals surface area (Å²) in [7, 11) is 0. The normalized spacial score (nSPS) is 9.60. The molecule has 3 heteroatoms. The maximum atomic E-state index is 12.1. The van der Waals surface area contributed by atoms with Crippen LogP contribution in [-0.4, -0.2) is 5.91 Å². The lowest BCUT2D eigenvalue weighted by molar-refractivity contribution is 0.102. The monoisotopic (exact) mass is 264 g/mol. The van der Waals surface area contributed by atoms with Crippen LogP contribution >= 0.6 is 0 Å². The van der Waals surface area contributed by atoms with Gasteiger partial charge in [0, 0.05) is 5.56 Å². The fourth-order valence-corrected chi connectivity index (χ4v) is 1.79. The van der Waals surface area contributed by atoms with E-state index in [4.69, 9.17) is 5.73 Å². The zero-order chi connectivity index (χ0) is 14.4. The Morgan fingerprint density at radius 3 is 2.55 bits per heavy atom. The average Bonchev–Trinajstić information content (AvgIpc) is 2.48. The summed E-state index contributed by atoms with van der Waals surface area (Å²) in [6.07, 6.45) is 2.61. The molecule has 20 heavy (non-hydrogen) atoms. The smallest absolute Gasteiger partial charge is 0.255 e. The van der Waals surface area contributed by atoms with E-state index in [9.17, 15) is 4.79 Å². The Morgan fingerprint density at radius 1 is 1.20 bits per heavy atom. The van der Waals surface area contributed by atoms with E-state index in [0.717, 1.165) is 12.0 Å². The number of hydrogen-bond acceptors (Lipinski definition) is 2. The first-order valence-electron chi connectivity index (χ1n) is 6.30. The molecule has 3 nitrogen and oxygen atoms in total. The number of anilines is 2. The summed E-state index contributed by atoms with van der Waals surface area (Å²) >= 11 is 0. The molecule has 0 heterocycles. The lowest BCUT2D eigenvalue weighted by Crippen LogP contribution is -2.13. The van der Waals surface area contributed by atoms with E-state index in [1.165, 1.54) is 0 Å². The second-order valence-electron chi connectivity index (χ2n) is 4.35. The largest absolute Gasteiger partial charge is 0.397 e. The number of carbonyl (C=O) groups excluding carboxylic acids is 1. The van der Waals surface area contributed by atoms with Crippen LogP contribution in [0.4, 0.5) is 11.4 Å². The number of hydrogen-bond donors (Lipinski definition) is 2. The molecule has 0 saturated heterocycles. The Morgan fingerprint density at radius 2 is 1.90 bits per heavy atom. The number of carbonyl (C=O) groups is 1. The van der Waals surface area contributed by atoms with Crippen molar-refractivity contribution < 1.29 is 4.79 Å². The number of allylic oxidation sites excluding steroid dienone is 1. The summed E-state index contributed by atoms with van der Waals surface area (Å²) in [6.45, 7) is 3.52. The molecule has 0 bridgehead atoms. The highest BCUT2D eigenvalue weighted by Crippen LogP contribution is 2.18. The first kappa shape index (κ1) is 13.7. The van der Waals surface area contributed by atoms with Crippen molar-refractivity contribution in [3.05, 3.63) is 78.0 Å². The number of nitrogens with two attached hydrogens (primary N) is 1. The number of amides is 1. The third-order valence-corrected chi connectivity index (χ3v) is 2.91. The molecule has 0 spiro atoms. The van der Waals surface area contributed by atoms with Crippen LogP contribution in [0.3, 0.4) is 0 Å². The van der Waals surface area contributed by atoms with Gasteiger partial charge in [-0.15, -0.1) is 5.73 Å². The maximum absolute atomic E-state index is 12.1. The lowest BCUT2D eigenvalue weighted by Gasteiger charge is -2.08. The highest BCUT2D eigenvalue weighted by Gasteiger charge is 2.07. The number of para-hydroxylation sites is 2. The SMILES string of the molecule is C=C=CCc1ccc(C(=O)Nc2ccccc2N)cc1. The maximum Gasteiger partial charge on any atom is 0.255 e. The molecule has 0 atom stereocenters. The summed E-state index contributed by atoms with van der Waals surface area (Å²) in [5.74, 6) is -0.172. The highest BCUT2D eigenvalue weighted by molar-refractivity contribution is 6.05. The Kier molecular flexibility index (Phi) is 4.38. The van der Waals surface area contributed by atoms with E-state index in [-0.39, 0.29) is 5.91 Å². The minimum absolute atomic E-state index is 0.172. The third kappa shape index (κ3) is 3.37. The van der Waals surface area contributed by atoms with Gasteiger partial charge in [0.2, 0.25) is 0 Å². The summed E-state index contributed by atoms with van der Waals surface area (Å²) in [5.41, 5.74) is 11.4. The topological polar surface area (TPSA) is 55.1 Å². The first-order valence-corrected chi connectivity index (χ1v) is 6.30. The van der Waals surface area contributed by atoms with Gasteiger partial charge in [-0.25, -0.2) is 0 Å². The fraction of sp³-hybridized carbons (Fsp3) is 0.0588. The predicted molar refractivity (Wildman–Crippen MR) is 82.7 cm³/mol. The molecule has 1 amide bonds. The lowest BCUT2D eigenvalue weighted by atomic mass is 10.1. The van der Waals surface area contributed by atoms with Gasteiger partial charge in [0.1, 0.15) is 0 Å². The minimum atomic E-state index is -0.172. The number of nitrogens with one attached hydrogen (secondary N) is 1. The highest BCUT2D eigenvalue weighted by atomic mass is 16.1. The second-order valence-corrected chi connectivity index (χ2v) is 4.35. The predicted octanol–water partition coefficient (Wildman–Crippen LogP) is 3.40. The Labute approximate surface area is 118 Å². The van der Waals surface area contributed by atoms with Crippen LogP contribution in [0.15, 0.2) is 66.9 Å². The van der Waals surface area contributed by atoms with Crippen LogP contribution in [0, 0.1) is 0 Å². The van der Waals surface area contributed by atoms with E-state index in [2.05, 4.69) is 17.6 Å². The molecule has 0 fully saturated rings. The number of rotatable bonds is 4. The molecule has 0 aliphatic rings. The van der Waals surface area contributed by atoms with Gasteiger partial charge in [-0.2, -0.15) is 0 Å². The van der Waals surface area contributed by atoms with E-state index in [0.29, 0.717) is 16.9 Å². The molecule has 2 aromatic rings. The zero-order valence-corrected chi connectivity index (χ0v) is 11.1. The van der Waals surface area contributed by atoms with Gasteiger partial charge in [0.15, 0.2) is 0 Å². The van der Waals surface area contributed by atoms with Gasteiger partial charge in [-0.3, -0.25) is 4.79 Å². The van der Waals surface area contributed by atoms with Crippen molar-refractivity contribution >= 4 is 17.3 Å². The van der Waals surface area contributed by atoms with Crippen LogP contribution in [0.5, 0.6) is 0 Å². The Balaban J connectivity index is 2.10. The van der Waals surface area contributed by atoms with Crippen LogP contribution in [0.1, 0.15) is 15.9 Å². The van der Waals surface area contributed by atoms with E-state index < -0.39 is 0 Å². The van der Waals surface area contributed by atoms with Gasteiger partial charge < -0.3 is 11.1 Å². The molecule has 2 rings (SSSR count). The van der Waals surface area contributed by atoms with Crippen LogP contribution < -0.4 is 11.1 Å². The minimum Gasteiger partial charge on any atom is -0.397 e. The zero-order valence-electron chi connectivity index (χ0n) is 11.1. The quantitative estimate of drug-likeness (QED) is 0.657. The first-order chi connectivity index (χ1) is 9.70. The van der Waals surface area contributed by atoms with Crippen molar-refractivity contribution in [3.8, 4) is 0 Å². The third-order valence-electron chi connectivity index (χ3n) is 2.91. The van der Waals surface area contributed by atoms with E-state index >= 15 is 0 Å². The van der Waals surface area contributed by atoms with Gasteiger partial charge in [-0.05, 0) is 42.3 Å². The fourth-order valence-electron chi connectivity index (χ4n) is 1.79. The molecule has 0 aliphatic carbocycles. The summed E-state index contributed by atoms with van der Waals surface area (Å²) in [4.78, 5) is 12.1. The molecular formula is C17H16N2O. The molecule has 0 saturated carbocycles. The average molecular weight is 264 g/mol. The number of benzene rings is 2. The summed E-state index contributed by atoms with van der Waals surface area (Å²) < 4.78 is 0. The molecular weight excluding hydrogens is 248 g/mol. The molecule has 100 valence electrons. The van der Waals surface area contributed by atoms with Crippen molar-refractivity contribution in [2.45, 2.75) is 6.42 Å². The van der Waals surface area contributed by atoms with Gasteiger partial charge >= 0.3 is 0 Å². The van der Waals surface area contributed by atoms with Gasteiger partial charge in [-0.1, -0.05) is 30.8 Å². The van der Waals surface area contributed by atoms with Crippen LogP contribution in [0.25, 0.3) is 0 Å². The van der Waals surface area contributed by atoms with Crippen LogP contribution in [0.2, 0.25) is 0 Å². The van der Waals surface area contributed by atoms with E-state index in [1.807, 2.05) is 30.3 Å². The second kappa shape index (κ2) is 6.41. The van der Waals surface area contributed by atoms with E-state index in [1.54, 1.807) is 24.3 Å². The molecule has 0 aromatic heterocycles. The molecule has 2 aromatic carbocycles. The molecule has 0 radical (unpaired) electrons. The van der Waals surface area contributed by atoms with Gasteiger partial charge in [0.05, 0.1) is 11.4 Å². The summed E-state index contributed by atoms with van der Waals surface area (Å²) in [6, 6.07) is 14.6. The van der Waals surface area contributed by atoms with Crippen molar-refractivity contribution in [2.24, 2.45) is 0 Å².